The lowest BCUT2D eigenvalue weighted by Crippen LogP contribution is -2.41. The summed E-state index contributed by atoms with van der Waals surface area (Å²) in [5.74, 6) is -1.28. The van der Waals surface area contributed by atoms with E-state index < -0.39 is 5.97 Å². The number of carbonyl (C=O) groups excluding carboxylic acids is 1. The number of carboxylic acids is 1. The molecular weight excluding hydrogens is 312 g/mol. The lowest BCUT2D eigenvalue weighted by Gasteiger charge is -2.28. The maximum Gasteiger partial charge on any atom is 0.322 e. The van der Waals surface area contributed by atoms with Crippen LogP contribution in [0.2, 0.25) is 0 Å². The minimum atomic E-state index is -1.03. The summed E-state index contributed by atoms with van der Waals surface area (Å²) in [5, 5.41) is 10.9. The van der Waals surface area contributed by atoms with Gasteiger partial charge in [-0.2, -0.15) is 0 Å². The Morgan fingerprint density at radius 3 is 2.95 bits per heavy atom. The number of fused-ring (bicyclic) bond motifs is 1. The highest BCUT2D eigenvalue weighted by Crippen LogP contribution is 2.25. The van der Waals surface area contributed by atoms with E-state index >= 15 is 0 Å². The van der Waals surface area contributed by atoms with E-state index in [4.69, 9.17) is 5.11 Å². The fraction of sp³-hybridized carbons (Fsp3) is 0.385. The molecule has 0 unspecified atom stereocenters. The first-order chi connectivity index (χ1) is 9.06. The maximum atomic E-state index is 11.6. The summed E-state index contributed by atoms with van der Waals surface area (Å²) < 4.78 is 1.11. The topological polar surface area (TPSA) is 69.6 Å². The molecule has 0 atom stereocenters. The van der Waals surface area contributed by atoms with Gasteiger partial charge in [-0.1, -0.05) is 28.1 Å². The second kappa shape index (κ2) is 6.16. The van der Waals surface area contributed by atoms with E-state index in [1.165, 1.54) is 11.1 Å². The third kappa shape index (κ3) is 3.78. The number of hydrogen-bond acceptors (Lipinski definition) is 3. The highest BCUT2D eigenvalue weighted by Gasteiger charge is 2.19. The van der Waals surface area contributed by atoms with E-state index in [2.05, 4.69) is 27.3 Å². The Kier molecular flexibility index (Phi) is 4.55. The van der Waals surface area contributed by atoms with Crippen molar-refractivity contribution in [3.63, 3.8) is 0 Å². The number of carbonyl (C=O) groups is 2. The quantitative estimate of drug-likeness (QED) is 0.866. The number of aliphatic carboxylic acids is 1. The third-order valence-electron chi connectivity index (χ3n) is 3.09. The first kappa shape index (κ1) is 14.0. The number of amides is 1. The molecule has 2 rings (SSSR count). The van der Waals surface area contributed by atoms with Crippen molar-refractivity contribution in [2.75, 3.05) is 19.6 Å². The average molecular weight is 327 g/mol. The molecule has 1 aliphatic heterocycles. The smallest absolute Gasteiger partial charge is 0.322 e. The van der Waals surface area contributed by atoms with Gasteiger partial charge in [0.2, 0.25) is 5.91 Å². The van der Waals surface area contributed by atoms with Crippen molar-refractivity contribution in [1.82, 2.24) is 10.2 Å². The molecule has 0 aromatic heterocycles. The summed E-state index contributed by atoms with van der Waals surface area (Å²) in [4.78, 5) is 24.0. The zero-order chi connectivity index (χ0) is 13.8. The SMILES string of the molecule is O=C(O)CNC(=O)CN1CCc2c(Br)cccc2C1. The van der Waals surface area contributed by atoms with Crippen molar-refractivity contribution in [3.8, 4) is 0 Å². The molecule has 2 N–H and O–H groups in total. The first-order valence-corrected chi connectivity index (χ1v) is 6.82. The highest BCUT2D eigenvalue weighted by molar-refractivity contribution is 9.10. The Hall–Kier alpha value is -1.40. The predicted octanol–water partition coefficient (Wildman–Crippen LogP) is 1.01. The maximum absolute atomic E-state index is 11.6. The highest BCUT2D eigenvalue weighted by atomic mass is 79.9. The zero-order valence-electron chi connectivity index (χ0n) is 10.4. The molecular formula is C13H15BrN2O3. The number of nitrogens with zero attached hydrogens (tertiary/aromatic N) is 1. The Bertz CT molecular complexity index is 505. The standard InChI is InChI=1S/C13H15BrN2O3/c14-11-3-1-2-9-7-16(5-4-10(9)11)8-12(17)15-6-13(18)19/h1-3H,4-8H2,(H,15,17)(H,18,19). The van der Waals surface area contributed by atoms with Crippen molar-refractivity contribution >= 4 is 27.8 Å². The van der Waals surface area contributed by atoms with Gasteiger partial charge in [-0.3, -0.25) is 14.5 Å². The van der Waals surface area contributed by atoms with E-state index in [1.807, 2.05) is 17.0 Å². The molecule has 1 heterocycles. The van der Waals surface area contributed by atoms with Crippen molar-refractivity contribution in [1.29, 1.82) is 0 Å². The van der Waals surface area contributed by atoms with Crippen LogP contribution in [0.5, 0.6) is 0 Å². The Balaban J connectivity index is 1.91. The molecule has 1 aliphatic rings. The Labute approximate surface area is 119 Å². The van der Waals surface area contributed by atoms with Gasteiger partial charge >= 0.3 is 5.97 Å². The fourth-order valence-corrected chi connectivity index (χ4v) is 2.79. The van der Waals surface area contributed by atoms with E-state index in [1.54, 1.807) is 0 Å². The van der Waals surface area contributed by atoms with Crippen LogP contribution >= 0.6 is 15.9 Å². The molecule has 0 radical (unpaired) electrons. The van der Waals surface area contributed by atoms with Crippen molar-refractivity contribution in [3.05, 3.63) is 33.8 Å². The number of hydrogen-bond donors (Lipinski definition) is 2. The van der Waals surface area contributed by atoms with Crippen LogP contribution in [0.3, 0.4) is 0 Å². The molecule has 5 nitrogen and oxygen atoms in total. The van der Waals surface area contributed by atoms with Crippen LogP contribution in [-0.4, -0.2) is 41.5 Å². The van der Waals surface area contributed by atoms with Gasteiger partial charge in [-0.25, -0.2) is 0 Å². The summed E-state index contributed by atoms with van der Waals surface area (Å²) >= 11 is 3.53. The van der Waals surface area contributed by atoms with Crippen LogP contribution in [0.15, 0.2) is 22.7 Å². The second-order valence-electron chi connectivity index (χ2n) is 4.51. The van der Waals surface area contributed by atoms with Crippen LogP contribution < -0.4 is 5.32 Å². The normalized spacial score (nSPS) is 14.8. The number of carboxylic acid groups (broad SMARTS) is 1. The van der Waals surface area contributed by atoms with Gasteiger partial charge in [0.15, 0.2) is 0 Å². The zero-order valence-corrected chi connectivity index (χ0v) is 11.9. The summed E-state index contributed by atoms with van der Waals surface area (Å²) in [7, 11) is 0. The van der Waals surface area contributed by atoms with Gasteiger partial charge in [0.25, 0.3) is 0 Å². The number of rotatable bonds is 4. The molecule has 0 aliphatic carbocycles. The molecule has 0 saturated carbocycles. The number of nitrogens with one attached hydrogen (secondary N) is 1. The number of benzene rings is 1. The summed E-state index contributed by atoms with van der Waals surface area (Å²) in [6, 6.07) is 6.06. The van der Waals surface area contributed by atoms with Gasteiger partial charge in [0, 0.05) is 17.6 Å². The predicted molar refractivity (Wildman–Crippen MR) is 73.8 cm³/mol. The van der Waals surface area contributed by atoms with E-state index in [0.29, 0.717) is 0 Å². The van der Waals surface area contributed by atoms with Crippen LogP contribution in [0.4, 0.5) is 0 Å². The average Bonchev–Trinajstić information content (AvgIpc) is 2.36. The molecule has 19 heavy (non-hydrogen) atoms. The minimum absolute atomic E-state index is 0.235. The molecule has 1 aromatic rings. The molecule has 0 bridgehead atoms. The van der Waals surface area contributed by atoms with Crippen LogP contribution in [-0.2, 0) is 22.6 Å². The molecule has 1 amide bonds. The van der Waals surface area contributed by atoms with Crippen molar-refractivity contribution < 1.29 is 14.7 Å². The van der Waals surface area contributed by atoms with Gasteiger partial charge in [0.05, 0.1) is 6.54 Å². The van der Waals surface area contributed by atoms with Crippen LogP contribution in [0, 0.1) is 0 Å². The van der Waals surface area contributed by atoms with Crippen LogP contribution in [0.25, 0.3) is 0 Å². The lowest BCUT2D eigenvalue weighted by molar-refractivity contribution is -0.138. The molecule has 6 heteroatoms. The van der Waals surface area contributed by atoms with Crippen LogP contribution in [0.1, 0.15) is 11.1 Å². The first-order valence-electron chi connectivity index (χ1n) is 6.03. The number of halogens is 1. The van der Waals surface area contributed by atoms with Gasteiger partial charge in [-0.05, 0) is 23.6 Å². The van der Waals surface area contributed by atoms with Crippen molar-refractivity contribution in [2.24, 2.45) is 0 Å². The molecule has 0 spiro atoms. The largest absolute Gasteiger partial charge is 0.480 e. The fourth-order valence-electron chi connectivity index (χ4n) is 2.19. The minimum Gasteiger partial charge on any atom is -0.480 e. The molecule has 0 saturated heterocycles. The monoisotopic (exact) mass is 326 g/mol. The van der Waals surface area contributed by atoms with Crippen molar-refractivity contribution in [2.45, 2.75) is 13.0 Å². The molecule has 1 aromatic carbocycles. The summed E-state index contributed by atoms with van der Waals surface area (Å²) in [6.45, 7) is 1.43. The van der Waals surface area contributed by atoms with Gasteiger partial charge in [0.1, 0.15) is 6.54 Å². The van der Waals surface area contributed by atoms with E-state index in [-0.39, 0.29) is 19.0 Å². The second-order valence-corrected chi connectivity index (χ2v) is 5.36. The summed E-state index contributed by atoms with van der Waals surface area (Å²) in [6.07, 6.45) is 0.892. The van der Waals surface area contributed by atoms with Gasteiger partial charge < -0.3 is 10.4 Å². The molecule has 102 valence electrons. The third-order valence-corrected chi connectivity index (χ3v) is 3.83. The Morgan fingerprint density at radius 1 is 1.42 bits per heavy atom. The molecule has 0 fully saturated rings. The van der Waals surface area contributed by atoms with E-state index in [9.17, 15) is 9.59 Å². The lowest BCUT2D eigenvalue weighted by atomic mass is 10.00. The van der Waals surface area contributed by atoms with E-state index in [0.717, 1.165) is 24.0 Å². The Morgan fingerprint density at radius 2 is 2.21 bits per heavy atom. The summed E-state index contributed by atoms with van der Waals surface area (Å²) in [5.41, 5.74) is 2.51. The van der Waals surface area contributed by atoms with Gasteiger partial charge in [-0.15, -0.1) is 0 Å².